The predicted molar refractivity (Wildman–Crippen MR) is 63.6 cm³/mol. The summed E-state index contributed by atoms with van der Waals surface area (Å²) >= 11 is 0. The van der Waals surface area contributed by atoms with E-state index in [1.54, 1.807) is 4.90 Å². The summed E-state index contributed by atoms with van der Waals surface area (Å²) in [6.45, 7) is 8.53. The SMILES string of the molecule is C=C(C(=O)O)N1CCN(C)C/C1=N/CCC. The third-order valence-corrected chi connectivity index (χ3v) is 2.52. The van der Waals surface area contributed by atoms with Crippen LogP contribution in [0.15, 0.2) is 17.3 Å². The van der Waals surface area contributed by atoms with Crippen molar-refractivity contribution in [1.82, 2.24) is 9.80 Å². The van der Waals surface area contributed by atoms with Crippen LogP contribution < -0.4 is 0 Å². The summed E-state index contributed by atoms with van der Waals surface area (Å²) in [5.41, 5.74) is 0.114. The molecule has 0 aromatic carbocycles. The van der Waals surface area contributed by atoms with Crippen LogP contribution >= 0.6 is 0 Å². The molecule has 1 saturated heterocycles. The highest BCUT2D eigenvalue weighted by Gasteiger charge is 2.24. The van der Waals surface area contributed by atoms with Gasteiger partial charge in [0.2, 0.25) is 0 Å². The fraction of sp³-hybridized carbons (Fsp3) is 0.636. The Balaban J connectivity index is 2.80. The summed E-state index contributed by atoms with van der Waals surface area (Å²) in [5, 5.41) is 8.93. The molecule has 1 rings (SSSR count). The van der Waals surface area contributed by atoms with Crippen molar-refractivity contribution in [2.45, 2.75) is 13.3 Å². The smallest absolute Gasteiger partial charge is 0.351 e. The minimum atomic E-state index is -0.978. The summed E-state index contributed by atoms with van der Waals surface area (Å²) in [6, 6.07) is 0. The summed E-state index contributed by atoms with van der Waals surface area (Å²) in [4.78, 5) is 19.1. The Hall–Kier alpha value is -1.36. The zero-order valence-corrected chi connectivity index (χ0v) is 9.94. The van der Waals surface area contributed by atoms with E-state index in [9.17, 15) is 4.79 Å². The molecule has 1 fully saturated rings. The number of aliphatic carboxylic acids is 1. The number of carboxylic acids is 1. The van der Waals surface area contributed by atoms with E-state index >= 15 is 0 Å². The van der Waals surface area contributed by atoms with Crippen molar-refractivity contribution in [3.8, 4) is 0 Å². The molecule has 90 valence electrons. The second-order valence-corrected chi connectivity index (χ2v) is 3.94. The van der Waals surface area contributed by atoms with Gasteiger partial charge in [-0.1, -0.05) is 13.5 Å². The number of carboxylic acid groups (broad SMARTS) is 1. The molecule has 5 nitrogen and oxygen atoms in total. The molecule has 0 amide bonds. The van der Waals surface area contributed by atoms with Crippen LogP contribution in [0.1, 0.15) is 13.3 Å². The molecule has 0 bridgehead atoms. The maximum absolute atomic E-state index is 10.9. The molecule has 5 heteroatoms. The fourth-order valence-electron chi connectivity index (χ4n) is 1.59. The Morgan fingerprint density at radius 2 is 2.25 bits per heavy atom. The van der Waals surface area contributed by atoms with Gasteiger partial charge < -0.3 is 10.0 Å². The van der Waals surface area contributed by atoms with Gasteiger partial charge in [-0.25, -0.2) is 4.79 Å². The minimum absolute atomic E-state index is 0.114. The van der Waals surface area contributed by atoms with Crippen LogP contribution in [0.25, 0.3) is 0 Å². The molecule has 0 unspecified atom stereocenters. The standard InChI is InChI=1S/C11H19N3O2/c1-4-5-12-10-8-13(3)6-7-14(10)9(2)11(15)16/h2,4-8H2,1,3H3,(H,15,16)/b12-10-. The van der Waals surface area contributed by atoms with Crippen molar-refractivity contribution in [2.75, 3.05) is 33.2 Å². The summed E-state index contributed by atoms with van der Waals surface area (Å²) in [7, 11) is 2.00. The van der Waals surface area contributed by atoms with Gasteiger partial charge in [-0.05, 0) is 13.5 Å². The van der Waals surface area contributed by atoms with Crippen molar-refractivity contribution in [1.29, 1.82) is 0 Å². The van der Waals surface area contributed by atoms with Crippen LogP contribution in [0.3, 0.4) is 0 Å². The Labute approximate surface area is 96.1 Å². The highest BCUT2D eigenvalue weighted by atomic mass is 16.4. The third-order valence-electron chi connectivity index (χ3n) is 2.52. The number of nitrogens with zero attached hydrogens (tertiary/aromatic N) is 3. The first-order valence-electron chi connectivity index (χ1n) is 5.47. The van der Waals surface area contributed by atoms with Crippen LogP contribution in [0.2, 0.25) is 0 Å². The molecule has 0 aromatic heterocycles. The van der Waals surface area contributed by atoms with E-state index in [1.165, 1.54) is 0 Å². The van der Waals surface area contributed by atoms with E-state index < -0.39 is 5.97 Å². The van der Waals surface area contributed by atoms with Gasteiger partial charge in [0.05, 0.1) is 6.54 Å². The molecule has 0 radical (unpaired) electrons. The van der Waals surface area contributed by atoms with E-state index in [-0.39, 0.29) is 5.70 Å². The van der Waals surface area contributed by atoms with E-state index in [0.717, 1.165) is 25.3 Å². The first-order chi connectivity index (χ1) is 7.56. The molecule has 0 saturated carbocycles. The molecule has 1 aliphatic rings. The van der Waals surface area contributed by atoms with Gasteiger partial charge in [-0.2, -0.15) is 0 Å². The maximum atomic E-state index is 10.9. The van der Waals surface area contributed by atoms with Gasteiger partial charge in [-0.3, -0.25) is 9.89 Å². The zero-order chi connectivity index (χ0) is 12.1. The molecule has 16 heavy (non-hydrogen) atoms. The van der Waals surface area contributed by atoms with Gasteiger partial charge in [0.15, 0.2) is 0 Å². The summed E-state index contributed by atoms with van der Waals surface area (Å²) < 4.78 is 0. The van der Waals surface area contributed by atoms with Gasteiger partial charge in [0, 0.05) is 19.6 Å². The lowest BCUT2D eigenvalue weighted by Gasteiger charge is -2.35. The van der Waals surface area contributed by atoms with Crippen LogP contribution in [-0.4, -0.2) is 59.9 Å². The number of hydrogen-bond acceptors (Lipinski definition) is 3. The van der Waals surface area contributed by atoms with Crippen molar-refractivity contribution in [3.63, 3.8) is 0 Å². The molecular formula is C11H19N3O2. The van der Waals surface area contributed by atoms with E-state index in [1.807, 2.05) is 14.0 Å². The summed E-state index contributed by atoms with van der Waals surface area (Å²) in [5.74, 6) is -0.170. The normalized spacial score (nSPS) is 20.1. The van der Waals surface area contributed by atoms with Crippen LogP contribution in [0.5, 0.6) is 0 Å². The lowest BCUT2D eigenvalue weighted by molar-refractivity contribution is -0.134. The van der Waals surface area contributed by atoms with Crippen LogP contribution in [0.4, 0.5) is 0 Å². The molecule has 1 heterocycles. The molecule has 1 aliphatic heterocycles. The number of aliphatic imine (C=N–C) groups is 1. The monoisotopic (exact) mass is 225 g/mol. The van der Waals surface area contributed by atoms with Crippen molar-refractivity contribution in [3.05, 3.63) is 12.3 Å². The molecular weight excluding hydrogens is 206 g/mol. The van der Waals surface area contributed by atoms with Crippen molar-refractivity contribution >= 4 is 11.8 Å². The highest BCUT2D eigenvalue weighted by molar-refractivity contribution is 5.95. The largest absolute Gasteiger partial charge is 0.477 e. The minimum Gasteiger partial charge on any atom is -0.477 e. The van der Waals surface area contributed by atoms with E-state index in [0.29, 0.717) is 13.1 Å². The predicted octanol–water partition coefficient (Wildman–Crippen LogP) is 0.641. The third kappa shape index (κ3) is 3.06. The number of rotatable bonds is 4. The molecule has 1 N–H and O–H groups in total. The number of amidine groups is 1. The Bertz CT molecular complexity index is 312. The zero-order valence-electron chi connectivity index (χ0n) is 9.94. The molecule has 0 aliphatic carbocycles. The highest BCUT2D eigenvalue weighted by Crippen LogP contribution is 2.10. The van der Waals surface area contributed by atoms with Crippen molar-refractivity contribution < 1.29 is 9.90 Å². The lowest BCUT2D eigenvalue weighted by Crippen LogP contribution is -2.49. The molecule has 0 atom stereocenters. The molecule has 0 spiro atoms. The first kappa shape index (κ1) is 12.7. The van der Waals surface area contributed by atoms with Gasteiger partial charge in [-0.15, -0.1) is 0 Å². The quantitative estimate of drug-likeness (QED) is 0.713. The number of carbonyl (C=O) groups is 1. The Morgan fingerprint density at radius 3 is 2.81 bits per heavy atom. The summed E-state index contributed by atoms with van der Waals surface area (Å²) in [6.07, 6.45) is 0.959. The van der Waals surface area contributed by atoms with E-state index in [4.69, 9.17) is 5.11 Å². The Morgan fingerprint density at radius 1 is 1.56 bits per heavy atom. The average Bonchev–Trinajstić information content (AvgIpc) is 2.25. The van der Waals surface area contributed by atoms with E-state index in [2.05, 4.69) is 16.5 Å². The van der Waals surface area contributed by atoms with Crippen molar-refractivity contribution in [2.24, 2.45) is 4.99 Å². The molecule has 0 aromatic rings. The number of likely N-dealkylation sites (N-methyl/N-ethyl adjacent to an activating group) is 1. The second kappa shape index (κ2) is 5.65. The van der Waals surface area contributed by atoms with Crippen LogP contribution in [0, 0.1) is 0 Å². The maximum Gasteiger partial charge on any atom is 0.351 e. The van der Waals surface area contributed by atoms with Crippen LogP contribution in [-0.2, 0) is 4.79 Å². The fourth-order valence-corrected chi connectivity index (χ4v) is 1.59. The van der Waals surface area contributed by atoms with Gasteiger partial charge in [0.25, 0.3) is 0 Å². The average molecular weight is 225 g/mol. The van der Waals surface area contributed by atoms with Gasteiger partial charge >= 0.3 is 5.97 Å². The number of piperazine rings is 1. The first-order valence-corrected chi connectivity index (χ1v) is 5.47. The number of hydrogen-bond donors (Lipinski definition) is 1. The Kier molecular flexibility index (Phi) is 4.49. The van der Waals surface area contributed by atoms with Gasteiger partial charge in [0.1, 0.15) is 11.5 Å². The lowest BCUT2D eigenvalue weighted by atomic mass is 10.2. The second-order valence-electron chi connectivity index (χ2n) is 3.94. The topological polar surface area (TPSA) is 56.1 Å².